The smallest absolute Gasteiger partial charge is 0.172 e. The molecule has 1 heterocycles. The molecule has 0 bridgehead atoms. The molecule has 18 heavy (non-hydrogen) atoms. The molecule has 2 heteroatoms. The lowest BCUT2D eigenvalue weighted by Crippen LogP contribution is -2.47. The van der Waals surface area contributed by atoms with Crippen LogP contribution >= 0.6 is 0 Å². The molecule has 1 saturated carbocycles. The molecule has 1 aliphatic heterocycles. The molecule has 2 nitrogen and oxygen atoms in total. The van der Waals surface area contributed by atoms with Crippen molar-refractivity contribution in [3.8, 4) is 0 Å². The predicted octanol–water partition coefficient (Wildman–Crippen LogP) is 3.83. The quantitative estimate of drug-likeness (QED) is 0.657. The zero-order chi connectivity index (χ0) is 12.8. The molecule has 1 saturated heterocycles. The Labute approximate surface area is 110 Å². The minimum Gasteiger partial charge on any atom is -0.347 e. The molecule has 2 fully saturated rings. The second kappa shape index (κ2) is 4.21. The van der Waals surface area contributed by atoms with Gasteiger partial charge in [0.1, 0.15) is 0 Å². The van der Waals surface area contributed by atoms with Crippen LogP contribution in [0.3, 0.4) is 0 Å². The van der Waals surface area contributed by atoms with Crippen LogP contribution in [-0.2, 0) is 9.47 Å². The molecule has 0 amide bonds. The van der Waals surface area contributed by atoms with E-state index in [0.717, 1.165) is 26.1 Å². The molecule has 100 valence electrons. The van der Waals surface area contributed by atoms with Crippen LogP contribution < -0.4 is 0 Å². The molecule has 0 aromatic carbocycles. The normalized spacial score (nSPS) is 38.3. The lowest BCUT2D eigenvalue weighted by Gasteiger charge is -2.51. The zero-order valence-electron chi connectivity index (χ0n) is 11.6. The second-order valence-corrected chi connectivity index (χ2v) is 6.43. The molecule has 1 spiro atoms. The van der Waals surface area contributed by atoms with Gasteiger partial charge in [-0.1, -0.05) is 30.7 Å². The van der Waals surface area contributed by atoms with Crippen molar-refractivity contribution in [2.75, 3.05) is 13.2 Å². The van der Waals surface area contributed by atoms with Crippen LogP contribution in [-0.4, -0.2) is 19.0 Å². The van der Waals surface area contributed by atoms with Crippen LogP contribution in [0.1, 0.15) is 46.0 Å². The first-order chi connectivity index (χ1) is 8.56. The number of rotatable bonds is 1. The van der Waals surface area contributed by atoms with Crippen molar-refractivity contribution < 1.29 is 9.47 Å². The van der Waals surface area contributed by atoms with E-state index in [4.69, 9.17) is 9.47 Å². The van der Waals surface area contributed by atoms with Crippen LogP contribution in [0.15, 0.2) is 23.8 Å². The van der Waals surface area contributed by atoms with E-state index in [1.165, 1.54) is 24.8 Å². The fraction of sp³-hybridized carbons (Fsp3) is 0.750. The first-order valence-electron chi connectivity index (χ1n) is 7.19. The Morgan fingerprint density at radius 2 is 2.11 bits per heavy atom. The summed E-state index contributed by atoms with van der Waals surface area (Å²) in [5.41, 5.74) is 3.13. The molecular formula is C16H24O2. The third kappa shape index (κ3) is 1.78. The van der Waals surface area contributed by atoms with E-state index in [9.17, 15) is 0 Å². The Bertz CT molecular complexity index is 390. The average Bonchev–Trinajstić information content (AvgIpc) is 2.77. The van der Waals surface area contributed by atoms with Crippen LogP contribution in [0.5, 0.6) is 0 Å². The topological polar surface area (TPSA) is 18.5 Å². The van der Waals surface area contributed by atoms with Crippen molar-refractivity contribution in [2.24, 2.45) is 11.3 Å². The second-order valence-electron chi connectivity index (χ2n) is 6.43. The van der Waals surface area contributed by atoms with Gasteiger partial charge in [-0.2, -0.15) is 0 Å². The largest absolute Gasteiger partial charge is 0.347 e. The Morgan fingerprint density at radius 1 is 1.39 bits per heavy atom. The molecule has 0 aromatic rings. The summed E-state index contributed by atoms with van der Waals surface area (Å²) in [6, 6.07) is 0. The van der Waals surface area contributed by atoms with Gasteiger partial charge in [0, 0.05) is 12.8 Å². The van der Waals surface area contributed by atoms with Gasteiger partial charge in [0.15, 0.2) is 5.79 Å². The maximum Gasteiger partial charge on any atom is 0.172 e. The molecule has 0 N–H and O–H groups in total. The van der Waals surface area contributed by atoms with Crippen molar-refractivity contribution >= 4 is 0 Å². The van der Waals surface area contributed by atoms with Crippen LogP contribution in [0.2, 0.25) is 0 Å². The summed E-state index contributed by atoms with van der Waals surface area (Å²) in [7, 11) is 0. The van der Waals surface area contributed by atoms with Crippen LogP contribution in [0.25, 0.3) is 0 Å². The summed E-state index contributed by atoms with van der Waals surface area (Å²) in [6.45, 7) is 10.3. The molecule has 2 atom stereocenters. The third-order valence-electron chi connectivity index (χ3n) is 5.18. The van der Waals surface area contributed by atoms with E-state index in [-0.39, 0.29) is 5.79 Å². The SMILES string of the molecule is C=C(C)[C@H]1CC2(CC3=CCCC[C@@]31C)OCCO2. The molecule has 0 aromatic heterocycles. The number of ether oxygens (including phenoxy) is 2. The summed E-state index contributed by atoms with van der Waals surface area (Å²) in [6.07, 6.45) is 8.18. The summed E-state index contributed by atoms with van der Waals surface area (Å²) in [5.74, 6) is 0.155. The average molecular weight is 248 g/mol. The Morgan fingerprint density at radius 3 is 2.78 bits per heavy atom. The first-order valence-corrected chi connectivity index (χ1v) is 7.19. The summed E-state index contributed by atoms with van der Waals surface area (Å²) >= 11 is 0. The molecular weight excluding hydrogens is 224 g/mol. The van der Waals surface area contributed by atoms with Gasteiger partial charge in [-0.3, -0.25) is 0 Å². The van der Waals surface area contributed by atoms with Gasteiger partial charge in [0.05, 0.1) is 13.2 Å². The van der Waals surface area contributed by atoms with E-state index >= 15 is 0 Å². The van der Waals surface area contributed by atoms with Crippen molar-refractivity contribution in [1.29, 1.82) is 0 Å². The number of hydrogen-bond donors (Lipinski definition) is 0. The first kappa shape index (κ1) is 12.4. The van der Waals surface area contributed by atoms with Crippen LogP contribution in [0.4, 0.5) is 0 Å². The Hall–Kier alpha value is -0.600. The number of allylic oxidation sites excluding steroid dienone is 2. The molecule has 3 rings (SSSR count). The summed E-state index contributed by atoms with van der Waals surface area (Å²) in [5, 5.41) is 0. The third-order valence-corrected chi connectivity index (χ3v) is 5.18. The molecule has 0 unspecified atom stereocenters. The van der Waals surface area contributed by atoms with Crippen molar-refractivity contribution in [3.05, 3.63) is 23.8 Å². The molecule has 3 aliphatic rings. The van der Waals surface area contributed by atoms with E-state index in [1.54, 1.807) is 5.57 Å². The lowest BCUT2D eigenvalue weighted by atomic mass is 9.57. The highest BCUT2D eigenvalue weighted by Gasteiger charge is 2.52. The van der Waals surface area contributed by atoms with Gasteiger partial charge in [-0.05, 0) is 37.5 Å². The lowest BCUT2D eigenvalue weighted by molar-refractivity contribution is -0.187. The van der Waals surface area contributed by atoms with Crippen molar-refractivity contribution in [2.45, 2.75) is 51.7 Å². The Balaban J connectivity index is 1.98. The maximum atomic E-state index is 5.95. The van der Waals surface area contributed by atoms with Crippen molar-refractivity contribution in [3.63, 3.8) is 0 Å². The number of fused-ring (bicyclic) bond motifs is 1. The summed E-state index contributed by atoms with van der Waals surface area (Å²) < 4.78 is 11.9. The number of hydrogen-bond acceptors (Lipinski definition) is 2. The van der Waals surface area contributed by atoms with Gasteiger partial charge < -0.3 is 9.47 Å². The van der Waals surface area contributed by atoms with Crippen LogP contribution in [0, 0.1) is 11.3 Å². The van der Waals surface area contributed by atoms with Gasteiger partial charge in [0.2, 0.25) is 0 Å². The van der Waals surface area contributed by atoms with Crippen molar-refractivity contribution in [1.82, 2.24) is 0 Å². The van der Waals surface area contributed by atoms with Gasteiger partial charge in [0.25, 0.3) is 0 Å². The maximum absolute atomic E-state index is 5.95. The minimum absolute atomic E-state index is 0.296. The molecule has 2 aliphatic carbocycles. The summed E-state index contributed by atoms with van der Waals surface area (Å²) in [4.78, 5) is 0. The minimum atomic E-state index is -0.341. The fourth-order valence-corrected chi connectivity index (χ4v) is 4.14. The van der Waals surface area contributed by atoms with E-state index in [0.29, 0.717) is 11.3 Å². The standard InChI is InChI=1S/C16H24O2/c1-12(2)14-11-16(17-8-9-18-16)10-13-6-4-5-7-15(13,14)3/h6,14H,1,4-5,7-11H2,2-3H3/t14-,15+/m1/s1. The van der Waals surface area contributed by atoms with Gasteiger partial charge in [-0.15, -0.1) is 0 Å². The highest BCUT2D eigenvalue weighted by atomic mass is 16.7. The molecule has 0 radical (unpaired) electrons. The fourth-order valence-electron chi connectivity index (χ4n) is 4.14. The highest BCUT2D eigenvalue weighted by molar-refractivity contribution is 5.28. The van der Waals surface area contributed by atoms with Gasteiger partial charge >= 0.3 is 0 Å². The predicted molar refractivity (Wildman–Crippen MR) is 72.2 cm³/mol. The van der Waals surface area contributed by atoms with Gasteiger partial charge in [-0.25, -0.2) is 0 Å². The Kier molecular flexibility index (Phi) is 2.91. The van der Waals surface area contributed by atoms with E-state index in [2.05, 4.69) is 26.5 Å². The monoisotopic (exact) mass is 248 g/mol. The van der Waals surface area contributed by atoms with E-state index in [1.807, 2.05) is 0 Å². The highest BCUT2D eigenvalue weighted by Crippen LogP contribution is 2.57. The zero-order valence-corrected chi connectivity index (χ0v) is 11.6. The van der Waals surface area contributed by atoms with E-state index < -0.39 is 0 Å².